The van der Waals surface area contributed by atoms with Crippen molar-refractivity contribution >= 4 is 23.5 Å². The maximum atomic E-state index is 13.3. The Morgan fingerprint density at radius 2 is 1.79 bits per heavy atom. The quantitative estimate of drug-likeness (QED) is 0.610. The van der Waals surface area contributed by atoms with Crippen molar-refractivity contribution in [3.05, 3.63) is 34.9 Å². The maximum absolute atomic E-state index is 13.3. The predicted octanol–water partition coefficient (Wildman–Crippen LogP) is 2.21. The molecule has 0 amide bonds. The van der Waals surface area contributed by atoms with Gasteiger partial charge in [-0.3, -0.25) is 14.9 Å². The van der Waals surface area contributed by atoms with Gasteiger partial charge in [0.25, 0.3) is 0 Å². The van der Waals surface area contributed by atoms with E-state index < -0.39 is 66.2 Å². The molecule has 0 unspecified atom stereocenters. The molecule has 3 aliphatic rings. The van der Waals surface area contributed by atoms with E-state index in [1.165, 1.54) is 7.11 Å². The lowest BCUT2D eigenvalue weighted by molar-refractivity contribution is -0.226. The number of carbonyl (C=O) groups excluding carboxylic acids is 2. The van der Waals surface area contributed by atoms with E-state index in [1.54, 1.807) is 40.0 Å². The number of methoxy groups -OCH3 is 2. The topological polar surface area (TPSA) is 102 Å². The van der Waals surface area contributed by atoms with Gasteiger partial charge < -0.3 is 28.4 Å². The lowest BCUT2D eigenvalue weighted by atomic mass is 9.79. The lowest BCUT2D eigenvalue weighted by Gasteiger charge is -2.32. The van der Waals surface area contributed by atoms with Crippen LogP contribution in [0.5, 0.6) is 0 Å². The molecule has 3 heterocycles. The van der Waals surface area contributed by atoms with E-state index in [9.17, 15) is 9.59 Å². The average molecular weight is 484 g/mol. The number of benzene rings is 1. The molecule has 0 spiro atoms. The molecule has 4 rings (SSSR count). The highest BCUT2D eigenvalue weighted by Crippen LogP contribution is 2.48. The van der Waals surface area contributed by atoms with E-state index in [4.69, 9.17) is 40.0 Å². The van der Waals surface area contributed by atoms with Crippen LogP contribution in [0.4, 0.5) is 0 Å². The largest absolute Gasteiger partial charge is 0.468 e. The zero-order valence-electron chi connectivity index (χ0n) is 19.3. The van der Waals surface area contributed by atoms with Crippen molar-refractivity contribution in [3.8, 4) is 0 Å². The molecule has 8 atom stereocenters. The van der Waals surface area contributed by atoms with E-state index in [0.717, 1.165) is 5.56 Å². The lowest BCUT2D eigenvalue weighted by Crippen LogP contribution is -2.49. The molecule has 0 aliphatic carbocycles. The number of ether oxygens (including phenoxy) is 6. The van der Waals surface area contributed by atoms with Crippen LogP contribution in [0.3, 0.4) is 0 Å². The van der Waals surface area contributed by atoms with Crippen molar-refractivity contribution < 1.29 is 38.0 Å². The normalized spacial score (nSPS) is 37.0. The first-order valence-corrected chi connectivity index (χ1v) is 11.4. The van der Waals surface area contributed by atoms with Crippen LogP contribution >= 0.6 is 11.6 Å². The minimum Gasteiger partial charge on any atom is -0.468 e. The summed E-state index contributed by atoms with van der Waals surface area (Å²) in [5, 5.41) is 3.85. The Bertz CT molecular complexity index is 878. The molecular formula is C23H30ClNO8. The van der Waals surface area contributed by atoms with Gasteiger partial charge in [-0.1, -0.05) is 23.7 Å². The number of halogens is 1. The van der Waals surface area contributed by atoms with Gasteiger partial charge in [0.1, 0.15) is 18.2 Å². The van der Waals surface area contributed by atoms with Crippen molar-refractivity contribution in [2.45, 2.75) is 63.2 Å². The molecule has 3 aliphatic heterocycles. The molecule has 0 bridgehead atoms. The van der Waals surface area contributed by atoms with Crippen molar-refractivity contribution in [2.75, 3.05) is 20.8 Å². The molecule has 3 fully saturated rings. The SMILES string of the molecule is CCOC(=O)[C@H]1[C@H]([C@@H]2O[C@@H]3OC(C)(C)O[C@@H]3[C@H]2OC)[C@@H](C(=O)OC)N[C@H]1c1ccc(Cl)cc1. The second kappa shape index (κ2) is 9.48. The Kier molecular flexibility index (Phi) is 7.00. The van der Waals surface area contributed by atoms with Gasteiger partial charge in [-0.05, 0) is 38.5 Å². The number of hydrogen-bond donors (Lipinski definition) is 1. The number of fused-ring (bicyclic) bond motifs is 1. The van der Waals surface area contributed by atoms with Gasteiger partial charge in [0, 0.05) is 24.1 Å². The highest BCUT2D eigenvalue weighted by molar-refractivity contribution is 6.30. The van der Waals surface area contributed by atoms with E-state index in [-0.39, 0.29) is 6.61 Å². The number of hydrogen-bond acceptors (Lipinski definition) is 9. The smallest absolute Gasteiger partial charge is 0.323 e. The van der Waals surface area contributed by atoms with Crippen LogP contribution in [0.2, 0.25) is 5.02 Å². The van der Waals surface area contributed by atoms with Gasteiger partial charge in [0.05, 0.1) is 25.7 Å². The van der Waals surface area contributed by atoms with Crippen LogP contribution in [0.15, 0.2) is 24.3 Å². The Balaban J connectivity index is 1.74. The van der Waals surface area contributed by atoms with Crippen molar-refractivity contribution in [1.82, 2.24) is 5.32 Å². The summed E-state index contributed by atoms with van der Waals surface area (Å²) in [5.41, 5.74) is 0.787. The fourth-order valence-corrected chi connectivity index (χ4v) is 5.30. The maximum Gasteiger partial charge on any atom is 0.323 e. The first-order chi connectivity index (χ1) is 15.7. The summed E-state index contributed by atoms with van der Waals surface area (Å²) in [4.78, 5) is 26.1. The fourth-order valence-electron chi connectivity index (χ4n) is 5.17. The molecule has 1 N–H and O–H groups in total. The Labute approximate surface area is 197 Å². The van der Waals surface area contributed by atoms with Gasteiger partial charge >= 0.3 is 11.9 Å². The highest BCUT2D eigenvalue weighted by atomic mass is 35.5. The summed E-state index contributed by atoms with van der Waals surface area (Å²) in [6.07, 6.45) is -2.46. The molecule has 1 aromatic rings. The standard InChI is InChI=1S/C23H30ClNO8/c1-6-30-20(26)14-13(17-18(28-4)19-22(31-17)33-23(2,3)32-19)16(21(27)29-5)25-15(14)11-7-9-12(24)10-8-11/h7-10,13-19,22,25H,6H2,1-5H3/t13-,14-,15-,16-,17-,18-,19+,22+/m0/s1. The average Bonchev–Trinajstić information content (AvgIpc) is 3.40. The first kappa shape index (κ1) is 24.4. The minimum absolute atomic E-state index is 0.198. The van der Waals surface area contributed by atoms with E-state index in [0.29, 0.717) is 5.02 Å². The minimum atomic E-state index is -0.848. The summed E-state index contributed by atoms with van der Waals surface area (Å²) in [6.45, 7) is 5.53. The van der Waals surface area contributed by atoms with E-state index in [2.05, 4.69) is 5.32 Å². The van der Waals surface area contributed by atoms with Crippen molar-refractivity contribution in [2.24, 2.45) is 11.8 Å². The second-order valence-electron chi connectivity index (χ2n) is 8.82. The van der Waals surface area contributed by atoms with E-state index >= 15 is 0 Å². The zero-order valence-corrected chi connectivity index (χ0v) is 20.0. The van der Waals surface area contributed by atoms with Gasteiger partial charge in [-0.25, -0.2) is 0 Å². The molecule has 182 valence electrons. The zero-order chi connectivity index (χ0) is 23.9. The molecule has 0 saturated carbocycles. The van der Waals surface area contributed by atoms with Crippen molar-refractivity contribution in [3.63, 3.8) is 0 Å². The molecular weight excluding hydrogens is 454 g/mol. The molecule has 0 radical (unpaired) electrons. The summed E-state index contributed by atoms with van der Waals surface area (Å²) >= 11 is 6.07. The molecule has 3 saturated heterocycles. The molecule has 0 aromatic heterocycles. The summed E-state index contributed by atoms with van der Waals surface area (Å²) in [5.74, 6) is -3.21. The number of carbonyl (C=O) groups is 2. The van der Waals surface area contributed by atoms with E-state index in [1.807, 2.05) is 12.1 Å². The third kappa shape index (κ3) is 4.50. The van der Waals surface area contributed by atoms with Crippen LogP contribution in [0, 0.1) is 11.8 Å². The Morgan fingerprint density at radius 3 is 2.39 bits per heavy atom. The van der Waals surface area contributed by atoms with Crippen LogP contribution < -0.4 is 5.32 Å². The fraction of sp³-hybridized carbons (Fsp3) is 0.652. The summed E-state index contributed by atoms with van der Waals surface area (Å²) in [6, 6.07) is 5.72. The third-order valence-corrected chi connectivity index (χ3v) is 6.69. The molecule has 9 nitrogen and oxygen atoms in total. The molecule has 10 heteroatoms. The molecule has 1 aromatic carbocycles. The summed E-state index contributed by atoms with van der Waals surface area (Å²) in [7, 11) is 2.85. The number of esters is 2. The van der Waals surface area contributed by atoms with Crippen LogP contribution in [-0.4, -0.2) is 69.2 Å². The van der Waals surface area contributed by atoms with Gasteiger partial charge in [-0.2, -0.15) is 0 Å². The first-order valence-electron chi connectivity index (χ1n) is 11.0. The second-order valence-corrected chi connectivity index (χ2v) is 9.26. The predicted molar refractivity (Wildman–Crippen MR) is 116 cm³/mol. The Morgan fingerprint density at radius 1 is 1.09 bits per heavy atom. The van der Waals surface area contributed by atoms with Gasteiger partial charge in [0.2, 0.25) is 0 Å². The van der Waals surface area contributed by atoms with Gasteiger partial charge in [0.15, 0.2) is 12.1 Å². The monoisotopic (exact) mass is 483 g/mol. The Hall–Kier alpha value is -1.75. The number of nitrogens with one attached hydrogen (secondary N) is 1. The third-order valence-electron chi connectivity index (χ3n) is 6.44. The summed E-state index contributed by atoms with van der Waals surface area (Å²) < 4.78 is 34.4. The highest BCUT2D eigenvalue weighted by Gasteiger charge is 2.63. The van der Waals surface area contributed by atoms with Crippen LogP contribution in [-0.2, 0) is 38.0 Å². The number of rotatable bonds is 6. The van der Waals surface area contributed by atoms with Gasteiger partial charge in [-0.15, -0.1) is 0 Å². The van der Waals surface area contributed by atoms with Crippen LogP contribution in [0.25, 0.3) is 0 Å². The van der Waals surface area contributed by atoms with Crippen LogP contribution in [0.1, 0.15) is 32.4 Å². The molecule has 33 heavy (non-hydrogen) atoms. The van der Waals surface area contributed by atoms with Crippen molar-refractivity contribution in [1.29, 1.82) is 0 Å².